The molecule has 21 heavy (non-hydrogen) atoms. The van der Waals surface area contributed by atoms with Gasteiger partial charge in [0.15, 0.2) is 0 Å². The first-order valence-electron chi connectivity index (χ1n) is 7.07. The van der Waals surface area contributed by atoms with E-state index in [0.29, 0.717) is 11.8 Å². The van der Waals surface area contributed by atoms with E-state index in [1.165, 1.54) is 11.1 Å². The molecule has 2 aromatic rings. The van der Waals surface area contributed by atoms with Gasteiger partial charge in [0.2, 0.25) is 0 Å². The highest BCUT2D eigenvalue weighted by Crippen LogP contribution is 2.27. The summed E-state index contributed by atoms with van der Waals surface area (Å²) in [6.45, 7) is 2.14. The molecule has 1 unspecified atom stereocenters. The van der Waals surface area contributed by atoms with E-state index < -0.39 is 0 Å². The Kier molecular flexibility index (Phi) is 5.96. The Hall–Kier alpha value is -1.18. The molecule has 0 fully saturated rings. The van der Waals surface area contributed by atoms with E-state index in [9.17, 15) is 0 Å². The summed E-state index contributed by atoms with van der Waals surface area (Å²) in [6, 6.07) is 14.2. The summed E-state index contributed by atoms with van der Waals surface area (Å²) in [5, 5.41) is 0.731. The zero-order valence-electron chi connectivity index (χ0n) is 12.4. The lowest BCUT2D eigenvalue weighted by Crippen LogP contribution is -2.11. The largest absolute Gasteiger partial charge is 0.496 e. The predicted molar refractivity (Wildman–Crippen MR) is 90.8 cm³/mol. The van der Waals surface area contributed by atoms with Crippen LogP contribution < -0.4 is 4.74 Å². The predicted octanol–water partition coefficient (Wildman–Crippen LogP) is 5.30. The molecule has 0 bridgehead atoms. The maximum atomic E-state index is 6.18. The summed E-state index contributed by atoms with van der Waals surface area (Å²) in [6.07, 6.45) is 1.83. The molecule has 0 saturated heterocycles. The summed E-state index contributed by atoms with van der Waals surface area (Å²) in [4.78, 5) is 0. The van der Waals surface area contributed by atoms with Gasteiger partial charge in [-0.25, -0.2) is 0 Å². The molecule has 0 aliphatic carbocycles. The molecule has 0 saturated carbocycles. The van der Waals surface area contributed by atoms with Crippen LogP contribution in [0.4, 0.5) is 0 Å². The van der Waals surface area contributed by atoms with Crippen LogP contribution in [0, 0.1) is 12.8 Å². The molecule has 2 rings (SSSR count). The van der Waals surface area contributed by atoms with Crippen LogP contribution in [-0.2, 0) is 12.8 Å². The Balaban J connectivity index is 2.16. The Morgan fingerprint density at radius 3 is 2.43 bits per heavy atom. The van der Waals surface area contributed by atoms with Gasteiger partial charge in [0.25, 0.3) is 0 Å². The maximum Gasteiger partial charge on any atom is 0.122 e. The molecule has 0 heterocycles. The molecule has 0 amide bonds. The van der Waals surface area contributed by atoms with E-state index in [1.54, 1.807) is 7.11 Å². The van der Waals surface area contributed by atoms with Crippen LogP contribution >= 0.6 is 23.2 Å². The number of methoxy groups -OCH3 is 1. The third kappa shape index (κ3) is 4.39. The zero-order valence-corrected chi connectivity index (χ0v) is 13.9. The lowest BCUT2D eigenvalue weighted by Gasteiger charge is -2.17. The molecule has 112 valence electrons. The van der Waals surface area contributed by atoms with E-state index in [-0.39, 0.29) is 0 Å². The van der Waals surface area contributed by atoms with Crippen molar-refractivity contribution >= 4 is 23.2 Å². The second kappa shape index (κ2) is 7.72. The Morgan fingerprint density at radius 2 is 1.76 bits per heavy atom. The van der Waals surface area contributed by atoms with Crippen LogP contribution in [0.2, 0.25) is 5.02 Å². The standard InChI is InChI=1S/C18H20Cl2O/c1-13-5-3-4-6-15(13)9-14(12-19)10-16-11-17(20)7-8-18(16)21-2/h3-8,11,14H,9-10,12H2,1-2H3. The molecule has 0 radical (unpaired) electrons. The van der Waals surface area contributed by atoms with Crippen LogP contribution in [0.15, 0.2) is 42.5 Å². The van der Waals surface area contributed by atoms with Crippen LogP contribution in [-0.4, -0.2) is 13.0 Å². The van der Waals surface area contributed by atoms with E-state index in [2.05, 4.69) is 31.2 Å². The van der Waals surface area contributed by atoms with Crippen LogP contribution in [0.1, 0.15) is 16.7 Å². The van der Waals surface area contributed by atoms with Gasteiger partial charge in [-0.2, -0.15) is 0 Å². The number of aryl methyl sites for hydroxylation is 1. The topological polar surface area (TPSA) is 9.23 Å². The quantitative estimate of drug-likeness (QED) is 0.656. The smallest absolute Gasteiger partial charge is 0.122 e. The minimum absolute atomic E-state index is 0.361. The normalized spacial score (nSPS) is 12.2. The summed E-state index contributed by atoms with van der Waals surface area (Å²) in [7, 11) is 1.68. The first-order valence-corrected chi connectivity index (χ1v) is 7.98. The zero-order chi connectivity index (χ0) is 15.2. The van der Waals surface area contributed by atoms with E-state index >= 15 is 0 Å². The van der Waals surface area contributed by atoms with Gasteiger partial charge in [-0.3, -0.25) is 0 Å². The van der Waals surface area contributed by atoms with Crippen LogP contribution in [0.25, 0.3) is 0 Å². The van der Waals surface area contributed by atoms with Crippen molar-refractivity contribution in [3.8, 4) is 5.75 Å². The van der Waals surface area contributed by atoms with Gasteiger partial charge in [-0.05, 0) is 60.6 Å². The average molecular weight is 323 g/mol. The van der Waals surface area contributed by atoms with Crippen molar-refractivity contribution in [2.75, 3.05) is 13.0 Å². The molecular formula is C18H20Cl2O. The summed E-state index contributed by atoms with van der Waals surface area (Å²) in [5.74, 6) is 1.85. The minimum atomic E-state index is 0.361. The van der Waals surface area contributed by atoms with Gasteiger partial charge in [0.05, 0.1) is 7.11 Å². The van der Waals surface area contributed by atoms with Gasteiger partial charge < -0.3 is 4.74 Å². The minimum Gasteiger partial charge on any atom is -0.496 e. The molecular weight excluding hydrogens is 303 g/mol. The molecule has 0 N–H and O–H groups in total. The van der Waals surface area contributed by atoms with E-state index in [0.717, 1.165) is 29.2 Å². The Bertz CT molecular complexity index is 596. The third-order valence-electron chi connectivity index (χ3n) is 3.74. The number of hydrogen-bond donors (Lipinski definition) is 0. The first-order chi connectivity index (χ1) is 10.1. The van der Waals surface area contributed by atoms with E-state index in [4.69, 9.17) is 27.9 Å². The van der Waals surface area contributed by atoms with Crippen molar-refractivity contribution in [2.45, 2.75) is 19.8 Å². The number of halogens is 2. The Labute approximate surface area is 136 Å². The SMILES string of the molecule is COc1ccc(Cl)cc1CC(CCl)Cc1ccccc1C. The number of benzene rings is 2. The molecule has 0 aliphatic rings. The van der Waals surface area contributed by atoms with Crippen molar-refractivity contribution in [3.05, 3.63) is 64.2 Å². The fourth-order valence-electron chi connectivity index (χ4n) is 2.55. The second-order valence-corrected chi connectivity index (χ2v) is 6.06. The van der Waals surface area contributed by atoms with Crippen molar-refractivity contribution in [2.24, 2.45) is 5.92 Å². The summed E-state index contributed by atoms with van der Waals surface area (Å²) < 4.78 is 5.42. The molecule has 2 aromatic carbocycles. The molecule has 3 heteroatoms. The second-order valence-electron chi connectivity index (χ2n) is 5.31. The lowest BCUT2D eigenvalue weighted by atomic mass is 9.92. The molecule has 0 aromatic heterocycles. The highest BCUT2D eigenvalue weighted by molar-refractivity contribution is 6.30. The van der Waals surface area contributed by atoms with Crippen molar-refractivity contribution in [3.63, 3.8) is 0 Å². The third-order valence-corrected chi connectivity index (χ3v) is 4.41. The molecule has 0 spiro atoms. The van der Waals surface area contributed by atoms with Crippen LogP contribution in [0.3, 0.4) is 0 Å². The molecule has 1 atom stereocenters. The van der Waals surface area contributed by atoms with Crippen molar-refractivity contribution in [1.82, 2.24) is 0 Å². The van der Waals surface area contributed by atoms with Gasteiger partial charge in [-0.1, -0.05) is 35.9 Å². The lowest BCUT2D eigenvalue weighted by molar-refractivity contribution is 0.405. The number of alkyl halides is 1. The fourth-order valence-corrected chi connectivity index (χ4v) is 2.96. The van der Waals surface area contributed by atoms with Gasteiger partial charge in [0, 0.05) is 10.9 Å². The highest BCUT2D eigenvalue weighted by Gasteiger charge is 2.14. The number of rotatable bonds is 6. The first kappa shape index (κ1) is 16.2. The van der Waals surface area contributed by atoms with Gasteiger partial charge >= 0.3 is 0 Å². The molecule has 0 aliphatic heterocycles. The summed E-state index contributed by atoms with van der Waals surface area (Å²) >= 11 is 12.3. The monoisotopic (exact) mass is 322 g/mol. The average Bonchev–Trinajstić information content (AvgIpc) is 2.49. The maximum absolute atomic E-state index is 6.18. The molecule has 1 nitrogen and oxygen atoms in total. The highest BCUT2D eigenvalue weighted by atomic mass is 35.5. The van der Waals surface area contributed by atoms with Gasteiger partial charge in [0.1, 0.15) is 5.75 Å². The summed E-state index contributed by atoms with van der Waals surface area (Å²) in [5.41, 5.74) is 3.78. The van der Waals surface area contributed by atoms with Gasteiger partial charge in [-0.15, -0.1) is 11.6 Å². The Morgan fingerprint density at radius 1 is 1.05 bits per heavy atom. The van der Waals surface area contributed by atoms with Crippen molar-refractivity contribution in [1.29, 1.82) is 0 Å². The number of ether oxygens (including phenoxy) is 1. The number of hydrogen-bond acceptors (Lipinski definition) is 1. The van der Waals surface area contributed by atoms with E-state index in [1.807, 2.05) is 18.2 Å². The van der Waals surface area contributed by atoms with Crippen molar-refractivity contribution < 1.29 is 4.74 Å². The van der Waals surface area contributed by atoms with Crippen LogP contribution in [0.5, 0.6) is 5.75 Å². The fraction of sp³-hybridized carbons (Fsp3) is 0.333.